The van der Waals surface area contributed by atoms with Gasteiger partial charge in [-0.05, 0) is 24.3 Å². The van der Waals surface area contributed by atoms with Crippen LogP contribution in [-0.4, -0.2) is 31.0 Å². The van der Waals surface area contributed by atoms with Crippen molar-refractivity contribution in [2.24, 2.45) is 5.73 Å². The number of aromatic nitrogens is 1. The van der Waals surface area contributed by atoms with Crippen LogP contribution in [0.5, 0.6) is 11.5 Å². The molecule has 0 radical (unpaired) electrons. The van der Waals surface area contributed by atoms with E-state index in [-0.39, 0.29) is 11.3 Å². The van der Waals surface area contributed by atoms with Crippen LogP contribution in [0.15, 0.2) is 36.5 Å². The summed E-state index contributed by atoms with van der Waals surface area (Å²) >= 11 is 0. The van der Waals surface area contributed by atoms with Gasteiger partial charge in [-0.25, -0.2) is 0 Å². The zero-order valence-electron chi connectivity index (χ0n) is 12.1. The van der Waals surface area contributed by atoms with Gasteiger partial charge < -0.3 is 20.5 Å². The van der Waals surface area contributed by atoms with Gasteiger partial charge in [0.05, 0.1) is 25.5 Å². The fourth-order valence-corrected chi connectivity index (χ4v) is 1.78. The van der Waals surface area contributed by atoms with Crippen LogP contribution >= 0.6 is 0 Å². The van der Waals surface area contributed by atoms with E-state index in [2.05, 4.69) is 10.3 Å². The van der Waals surface area contributed by atoms with Crippen molar-refractivity contribution in [3.63, 3.8) is 0 Å². The number of primary amides is 1. The summed E-state index contributed by atoms with van der Waals surface area (Å²) in [6, 6.07) is 7.90. The number of nitrogens with two attached hydrogens (primary N) is 1. The quantitative estimate of drug-likeness (QED) is 0.870. The van der Waals surface area contributed by atoms with E-state index in [1.165, 1.54) is 32.5 Å². The van der Waals surface area contributed by atoms with Gasteiger partial charge in [0.2, 0.25) is 0 Å². The normalized spacial score (nSPS) is 9.91. The molecule has 0 spiro atoms. The zero-order valence-corrected chi connectivity index (χ0v) is 12.1. The first-order chi connectivity index (χ1) is 10.5. The van der Waals surface area contributed by atoms with Crippen LogP contribution in [0.4, 0.5) is 5.69 Å². The van der Waals surface area contributed by atoms with Gasteiger partial charge in [-0.1, -0.05) is 0 Å². The molecule has 1 aromatic carbocycles. The lowest BCUT2D eigenvalue weighted by atomic mass is 10.2. The van der Waals surface area contributed by atoms with Crippen LogP contribution in [-0.2, 0) is 0 Å². The minimum atomic E-state index is -0.651. The van der Waals surface area contributed by atoms with E-state index in [9.17, 15) is 9.59 Å². The summed E-state index contributed by atoms with van der Waals surface area (Å²) in [6.07, 6.45) is 1.28. The molecule has 0 aliphatic heterocycles. The summed E-state index contributed by atoms with van der Waals surface area (Å²) < 4.78 is 10.3. The molecular weight excluding hydrogens is 286 g/mol. The number of nitrogens with one attached hydrogen (secondary N) is 1. The summed E-state index contributed by atoms with van der Waals surface area (Å²) in [4.78, 5) is 27.0. The Bertz CT molecular complexity index is 698. The minimum Gasteiger partial charge on any atom is -0.497 e. The highest BCUT2D eigenvalue weighted by atomic mass is 16.5. The van der Waals surface area contributed by atoms with Gasteiger partial charge in [0.25, 0.3) is 11.8 Å². The van der Waals surface area contributed by atoms with Crippen molar-refractivity contribution in [2.75, 3.05) is 19.5 Å². The maximum absolute atomic E-state index is 12.2. The Morgan fingerprint density at radius 1 is 1.14 bits per heavy atom. The van der Waals surface area contributed by atoms with E-state index >= 15 is 0 Å². The Balaban J connectivity index is 2.22. The third-order valence-corrected chi connectivity index (χ3v) is 2.93. The average molecular weight is 301 g/mol. The lowest BCUT2D eigenvalue weighted by molar-refractivity contribution is 0.0990. The number of methoxy groups -OCH3 is 2. The molecule has 3 N–H and O–H groups in total. The molecule has 2 amide bonds. The van der Waals surface area contributed by atoms with Gasteiger partial charge in [0.15, 0.2) is 0 Å². The average Bonchev–Trinajstić information content (AvgIpc) is 2.54. The minimum absolute atomic E-state index is 0.0931. The zero-order chi connectivity index (χ0) is 16.1. The number of carbonyl (C=O) groups is 2. The van der Waals surface area contributed by atoms with Crippen LogP contribution in [0.2, 0.25) is 0 Å². The second kappa shape index (κ2) is 6.57. The van der Waals surface area contributed by atoms with Crippen LogP contribution < -0.4 is 20.5 Å². The van der Waals surface area contributed by atoms with E-state index in [0.717, 1.165) is 0 Å². The summed E-state index contributed by atoms with van der Waals surface area (Å²) in [5.74, 6) is 0.0330. The Hall–Kier alpha value is -3.09. The van der Waals surface area contributed by atoms with Crippen molar-refractivity contribution < 1.29 is 19.1 Å². The van der Waals surface area contributed by atoms with E-state index in [1.54, 1.807) is 18.2 Å². The number of nitrogens with zero attached hydrogens (tertiary/aromatic N) is 1. The molecule has 2 rings (SSSR count). The van der Waals surface area contributed by atoms with Crippen molar-refractivity contribution in [3.05, 3.63) is 47.8 Å². The Kier molecular flexibility index (Phi) is 4.57. The third kappa shape index (κ3) is 3.32. The summed E-state index contributed by atoms with van der Waals surface area (Å²) in [7, 11) is 3.03. The number of rotatable bonds is 5. The summed E-state index contributed by atoms with van der Waals surface area (Å²) in [6.45, 7) is 0. The fraction of sp³-hybridized carbons (Fsp3) is 0.133. The predicted octanol–water partition coefficient (Wildman–Crippen LogP) is 1.45. The second-order valence-electron chi connectivity index (χ2n) is 4.32. The first kappa shape index (κ1) is 15.3. The molecule has 7 heteroatoms. The van der Waals surface area contributed by atoms with E-state index in [0.29, 0.717) is 17.2 Å². The van der Waals surface area contributed by atoms with Crippen LogP contribution in [0.25, 0.3) is 0 Å². The topological polar surface area (TPSA) is 104 Å². The van der Waals surface area contributed by atoms with Crippen molar-refractivity contribution in [3.8, 4) is 11.5 Å². The molecule has 1 heterocycles. The lowest BCUT2D eigenvalue weighted by Crippen LogP contribution is -2.16. The maximum atomic E-state index is 12.2. The standard InChI is InChI=1S/C15H15N3O4/c1-21-10-4-6-13(22-2)12(7-10)18-15(20)9-3-5-11(14(16)19)17-8-9/h3-8H,1-2H3,(H2,16,19)(H,18,20). The smallest absolute Gasteiger partial charge is 0.267 e. The maximum Gasteiger partial charge on any atom is 0.267 e. The molecule has 7 nitrogen and oxygen atoms in total. The number of amides is 2. The Morgan fingerprint density at radius 3 is 2.45 bits per heavy atom. The van der Waals surface area contributed by atoms with Gasteiger partial charge in [-0.15, -0.1) is 0 Å². The van der Waals surface area contributed by atoms with Gasteiger partial charge in [0.1, 0.15) is 17.2 Å². The molecule has 2 aromatic rings. The summed E-state index contributed by atoms with van der Waals surface area (Å²) in [5.41, 5.74) is 5.94. The first-order valence-corrected chi connectivity index (χ1v) is 6.34. The number of hydrogen-bond acceptors (Lipinski definition) is 5. The molecule has 114 valence electrons. The highest BCUT2D eigenvalue weighted by Crippen LogP contribution is 2.29. The highest BCUT2D eigenvalue weighted by molar-refractivity contribution is 6.05. The predicted molar refractivity (Wildman–Crippen MR) is 80.3 cm³/mol. The van der Waals surface area contributed by atoms with Gasteiger partial charge in [-0.3, -0.25) is 14.6 Å². The van der Waals surface area contributed by atoms with Crippen molar-refractivity contribution in [1.82, 2.24) is 4.98 Å². The van der Waals surface area contributed by atoms with Crippen molar-refractivity contribution in [2.45, 2.75) is 0 Å². The fourth-order valence-electron chi connectivity index (χ4n) is 1.78. The van der Waals surface area contributed by atoms with E-state index in [1.807, 2.05) is 0 Å². The summed E-state index contributed by atoms with van der Waals surface area (Å²) in [5, 5.41) is 2.70. The molecule has 0 atom stereocenters. The van der Waals surface area contributed by atoms with Gasteiger partial charge in [-0.2, -0.15) is 0 Å². The van der Waals surface area contributed by atoms with Gasteiger partial charge >= 0.3 is 0 Å². The van der Waals surface area contributed by atoms with Gasteiger partial charge in [0, 0.05) is 12.3 Å². The van der Waals surface area contributed by atoms with Crippen molar-refractivity contribution in [1.29, 1.82) is 0 Å². The Morgan fingerprint density at radius 2 is 1.91 bits per heavy atom. The molecule has 0 fully saturated rings. The lowest BCUT2D eigenvalue weighted by Gasteiger charge is -2.11. The molecule has 0 saturated carbocycles. The second-order valence-corrected chi connectivity index (χ2v) is 4.32. The number of benzene rings is 1. The first-order valence-electron chi connectivity index (χ1n) is 6.34. The highest BCUT2D eigenvalue weighted by Gasteiger charge is 2.12. The molecular formula is C15H15N3O4. The number of carbonyl (C=O) groups excluding carboxylic acids is 2. The molecule has 22 heavy (non-hydrogen) atoms. The molecule has 0 bridgehead atoms. The monoisotopic (exact) mass is 301 g/mol. The largest absolute Gasteiger partial charge is 0.497 e. The number of anilines is 1. The molecule has 0 unspecified atom stereocenters. The van der Waals surface area contributed by atoms with E-state index < -0.39 is 11.8 Å². The molecule has 1 aromatic heterocycles. The van der Waals surface area contributed by atoms with Crippen LogP contribution in [0.1, 0.15) is 20.8 Å². The van der Waals surface area contributed by atoms with Crippen LogP contribution in [0.3, 0.4) is 0 Å². The van der Waals surface area contributed by atoms with Crippen LogP contribution in [0, 0.1) is 0 Å². The SMILES string of the molecule is COc1ccc(OC)c(NC(=O)c2ccc(C(N)=O)nc2)c1. The number of hydrogen-bond donors (Lipinski definition) is 2. The Labute approximate surface area is 127 Å². The number of ether oxygens (including phenoxy) is 2. The molecule has 0 saturated heterocycles. The molecule has 0 aliphatic rings. The molecule has 0 aliphatic carbocycles. The third-order valence-electron chi connectivity index (χ3n) is 2.93. The van der Waals surface area contributed by atoms with Crippen molar-refractivity contribution >= 4 is 17.5 Å². The number of pyridine rings is 1. The van der Waals surface area contributed by atoms with E-state index in [4.69, 9.17) is 15.2 Å².